The van der Waals surface area contributed by atoms with Crippen LogP contribution in [0.3, 0.4) is 0 Å². The van der Waals surface area contributed by atoms with Gasteiger partial charge in [0.15, 0.2) is 0 Å². The summed E-state index contributed by atoms with van der Waals surface area (Å²) in [5, 5.41) is 7.36. The van der Waals surface area contributed by atoms with E-state index in [0.717, 1.165) is 30.1 Å². The highest BCUT2D eigenvalue weighted by molar-refractivity contribution is 8.08. The molecule has 3 aliphatic rings. The van der Waals surface area contributed by atoms with Gasteiger partial charge in [-0.05, 0) is 43.9 Å². The summed E-state index contributed by atoms with van der Waals surface area (Å²) < 4.78 is 0. The van der Waals surface area contributed by atoms with E-state index in [4.69, 9.17) is 0 Å². The number of nitrogens with zero attached hydrogens (tertiary/aromatic N) is 2. The Morgan fingerprint density at radius 2 is 2.08 bits per heavy atom. The van der Waals surface area contributed by atoms with Crippen molar-refractivity contribution in [3.63, 3.8) is 0 Å². The maximum Gasteiger partial charge on any atom is 0.230 e. The van der Waals surface area contributed by atoms with E-state index < -0.39 is 0 Å². The molecule has 2 aliphatic heterocycles. The number of aryl methyl sites for hydroxylation is 2. The number of aromatic nitrogens is 2. The van der Waals surface area contributed by atoms with Crippen LogP contribution in [0.25, 0.3) is 4.91 Å². The second-order valence-corrected chi connectivity index (χ2v) is 10.5. The van der Waals surface area contributed by atoms with Gasteiger partial charge in [-0.1, -0.05) is 26.8 Å². The molecule has 0 spiro atoms. The second kappa shape index (κ2) is 5.63. The fourth-order valence-electron chi connectivity index (χ4n) is 5.60. The molecular weight excluding hydrogens is 330 g/mol. The molecule has 1 aromatic rings. The Bertz CT molecular complexity index is 731. The SMILES string of the molecule is Cc1n[nH]c(C)c1C1=CC(C(=O)N2CC3(C)CC2CC(C)(C)C3)CS1. The Balaban J connectivity index is 1.55. The first-order valence-corrected chi connectivity index (χ1v) is 10.3. The van der Waals surface area contributed by atoms with Gasteiger partial charge in [0.05, 0.1) is 11.6 Å². The lowest BCUT2D eigenvalue weighted by Crippen LogP contribution is -2.40. The first-order valence-electron chi connectivity index (χ1n) is 9.35. The number of amides is 1. The van der Waals surface area contributed by atoms with Crippen molar-refractivity contribution in [2.24, 2.45) is 16.7 Å². The molecule has 0 aromatic carbocycles. The number of rotatable bonds is 2. The van der Waals surface area contributed by atoms with Gasteiger partial charge in [0.1, 0.15) is 0 Å². The van der Waals surface area contributed by atoms with E-state index in [1.165, 1.54) is 23.3 Å². The van der Waals surface area contributed by atoms with Gasteiger partial charge in [0.25, 0.3) is 0 Å². The Labute approximate surface area is 154 Å². The highest BCUT2D eigenvalue weighted by Crippen LogP contribution is 2.53. The van der Waals surface area contributed by atoms with Crippen molar-refractivity contribution in [1.82, 2.24) is 15.1 Å². The van der Waals surface area contributed by atoms with Gasteiger partial charge in [-0.15, -0.1) is 11.8 Å². The summed E-state index contributed by atoms with van der Waals surface area (Å²) in [5.41, 5.74) is 3.96. The summed E-state index contributed by atoms with van der Waals surface area (Å²) in [5.74, 6) is 1.22. The number of fused-ring (bicyclic) bond motifs is 2. The zero-order valence-corrected chi connectivity index (χ0v) is 16.8. The minimum absolute atomic E-state index is 0.0137. The molecular formula is C20H29N3OS. The monoisotopic (exact) mass is 359 g/mol. The molecule has 3 unspecified atom stereocenters. The van der Waals surface area contributed by atoms with Crippen LogP contribution in [0.1, 0.15) is 57.0 Å². The third-order valence-corrected chi connectivity index (χ3v) is 7.34. The van der Waals surface area contributed by atoms with Crippen molar-refractivity contribution < 1.29 is 4.79 Å². The number of thioether (sulfide) groups is 1. The van der Waals surface area contributed by atoms with E-state index in [0.29, 0.717) is 22.8 Å². The lowest BCUT2D eigenvalue weighted by Gasteiger charge is -2.39. The predicted octanol–water partition coefficient (Wildman–Crippen LogP) is 4.16. The third kappa shape index (κ3) is 2.94. The largest absolute Gasteiger partial charge is 0.339 e. The first-order chi connectivity index (χ1) is 11.7. The number of aromatic amines is 1. The molecule has 1 saturated carbocycles. The van der Waals surface area contributed by atoms with Gasteiger partial charge in [-0.25, -0.2) is 0 Å². The Morgan fingerprint density at radius 1 is 1.32 bits per heavy atom. The fraction of sp³-hybridized carbons (Fsp3) is 0.700. The average molecular weight is 360 g/mol. The van der Waals surface area contributed by atoms with Crippen LogP contribution in [-0.2, 0) is 4.79 Å². The number of hydrogen-bond acceptors (Lipinski definition) is 3. The number of carbonyl (C=O) groups is 1. The second-order valence-electron chi connectivity index (χ2n) is 9.44. The van der Waals surface area contributed by atoms with Crippen molar-refractivity contribution in [2.75, 3.05) is 12.3 Å². The summed E-state index contributed by atoms with van der Waals surface area (Å²) in [6.07, 6.45) is 5.74. The van der Waals surface area contributed by atoms with Crippen LogP contribution < -0.4 is 0 Å². The number of nitrogens with one attached hydrogen (secondary N) is 1. The van der Waals surface area contributed by atoms with Crippen LogP contribution in [0.4, 0.5) is 0 Å². The van der Waals surface area contributed by atoms with Crippen LogP contribution in [0.2, 0.25) is 0 Å². The Hall–Kier alpha value is -1.23. The van der Waals surface area contributed by atoms with Gasteiger partial charge in [-0.3, -0.25) is 9.89 Å². The molecule has 3 atom stereocenters. The smallest absolute Gasteiger partial charge is 0.230 e. The maximum absolute atomic E-state index is 13.3. The van der Waals surface area contributed by atoms with Crippen molar-refractivity contribution in [3.05, 3.63) is 23.0 Å². The quantitative estimate of drug-likeness (QED) is 0.863. The van der Waals surface area contributed by atoms with Crippen molar-refractivity contribution in [2.45, 2.75) is 59.9 Å². The minimum Gasteiger partial charge on any atom is -0.339 e. The zero-order chi connectivity index (χ0) is 18.0. The molecule has 5 heteroatoms. The summed E-state index contributed by atoms with van der Waals surface area (Å²) in [6, 6.07) is 0.432. The van der Waals surface area contributed by atoms with Gasteiger partial charge in [-0.2, -0.15) is 5.10 Å². The number of hydrogen-bond donors (Lipinski definition) is 1. The average Bonchev–Trinajstić information content (AvgIpc) is 3.14. The van der Waals surface area contributed by atoms with Gasteiger partial charge < -0.3 is 4.90 Å². The standard InChI is InChI=1S/C20H29N3OS/c1-12-17(13(2)22-21-12)16-6-14(9-25-16)18(24)23-11-20(5)8-15(23)7-19(3,4)10-20/h6,14-15H,7-11H2,1-5H3,(H,21,22). The molecule has 1 aromatic heterocycles. The summed E-state index contributed by atoms with van der Waals surface area (Å²) in [7, 11) is 0. The van der Waals surface area contributed by atoms with Crippen LogP contribution in [0.5, 0.6) is 0 Å². The van der Waals surface area contributed by atoms with Gasteiger partial charge in [0.2, 0.25) is 5.91 Å². The lowest BCUT2D eigenvalue weighted by molar-refractivity contribution is -0.134. The minimum atomic E-state index is 0.0137. The molecule has 0 radical (unpaired) electrons. The normalized spacial score (nSPS) is 33.6. The lowest BCUT2D eigenvalue weighted by atomic mass is 9.65. The molecule has 1 amide bonds. The maximum atomic E-state index is 13.3. The van der Waals surface area contributed by atoms with E-state index in [-0.39, 0.29) is 5.92 Å². The number of H-pyrrole nitrogens is 1. The molecule has 3 heterocycles. The third-order valence-electron chi connectivity index (χ3n) is 6.16. The van der Waals surface area contributed by atoms with Crippen molar-refractivity contribution in [3.8, 4) is 0 Å². The highest BCUT2D eigenvalue weighted by Gasteiger charge is 2.51. The molecule has 4 nitrogen and oxygen atoms in total. The fourth-order valence-corrected chi connectivity index (χ4v) is 6.90. The van der Waals surface area contributed by atoms with Crippen molar-refractivity contribution >= 4 is 22.6 Å². The van der Waals surface area contributed by atoms with Crippen LogP contribution in [0, 0.1) is 30.6 Å². The predicted molar refractivity (Wildman–Crippen MR) is 103 cm³/mol. The topological polar surface area (TPSA) is 49.0 Å². The number of likely N-dealkylation sites (tertiary alicyclic amines) is 1. The van der Waals surface area contributed by atoms with E-state index in [1.54, 1.807) is 11.8 Å². The molecule has 1 aliphatic carbocycles. The van der Waals surface area contributed by atoms with E-state index in [9.17, 15) is 4.79 Å². The van der Waals surface area contributed by atoms with E-state index >= 15 is 0 Å². The van der Waals surface area contributed by atoms with Crippen LogP contribution in [0.15, 0.2) is 6.08 Å². The zero-order valence-electron chi connectivity index (χ0n) is 16.0. The summed E-state index contributed by atoms with van der Waals surface area (Å²) >= 11 is 1.80. The first kappa shape index (κ1) is 17.2. The molecule has 136 valence electrons. The summed E-state index contributed by atoms with van der Waals surface area (Å²) in [6.45, 7) is 12.1. The molecule has 4 rings (SSSR count). The molecule has 1 N–H and O–H groups in total. The summed E-state index contributed by atoms with van der Waals surface area (Å²) in [4.78, 5) is 16.7. The van der Waals surface area contributed by atoms with Gasteiger partial charge >= 0.3 is 0 Å². The Morgan fingerprint density at radius 3 is 2.76 bits per heavy atom. The van der Waals surface area contributed by atoms with Crippen LogP contribution in [-0.4, -0.2) is 39.3 Å². The molecule has 2 bridgehead atoms. The van der Waals surface area contributed by atoms with Crippen LogP contribution >= 0.6 is 11.8 Å². The molecule has 1 saturated heterocycles. The van der Waals surface area contributed by atoms with Gasteiger partial charge in [0, 0.05) is 34.5 Å². The van der Waals surface area contributed by atoms with E-state index in [1.807, 2.05) is 6.92 Å². The molecule has 2 fully saturated rings. The number of carbonyl (C=O) groups excluding carboxylic acids is 1. The van der Waals surface area contributed by atoms with E-state index in [2.05, 4.69) is 48.9 Å². The Kier molecular flexibility index (Phi) is 3.87. The molecule has 25 heavy (non-hydrogen) atoms. The van der Waals surface area contributed by atoms with Crippen molar-refractivity contribution in [1.29, 1.82) is 0 Å². The highest BCUT2D eigenvalue weighted by atomic mass is 32.2.